The van der Waals surface area contributed by atoms with Gasteiger partial charge >= 0.3 is 0 Å². The molecule has 0 unspecified atom stereocenters. The second kappa shape index (κ2) is 7.43. The van der Waals surface area contributed by atoms with Crippen LogP contribution in [0.1, 0.15) is 30.1 Å². The van der Waals surface area contributed by atoms with Gasteiger partial charge in [-0.15, -0.1) is 0 Å². The average molecular weight is 378 g/mol. The van der Waals surface area contributed by atoms with Crippen LogP contribution in [0.3, 0.4) is 0 Å². The third-order valence-corrected chi connectivity index (χ3v) is 5.35. The first-order valence-electron chi connectivity index (χ1n) is 8.26. The maximum absolute atomic E-state index is 14.0. The van der Waals surface area contributed by atoms with Crippen LogP contribution < -0.4 is 14.8 Å². The number of benzene rings is 2. The maximum Gasteiger partial charge on any atom is 0.255 e. The van der Waals surface area contributed by atoms with Gasteiger partial charge in [0, 0.05) is 11.6 Å². The van der Waals surface area contributed by atoms with Crippen molar-refractivity contribution in [2.24, 2.45) is 0 Å². The molecule has 2 aromatic rings. The molecule has 138 valence electrons. The van der Waals surface area contributed by atoms with Gasteiger partial charge in [0.25, 0.3) is 5.91 Å². The van der Waals surface area contributed by atoms with Gasteiger partial charge in [-0.05, 0) is 50.1 Å². The molecule has 0 saturated heterocycles. The number of amides is 1. The van der Waals surface area contributed by atoms with Gasteiger partial charge in [0.15, 0.2) is 0 Å². The maximum atomic E-state index is 14.0. The summed E-state index contributed by atoms with van der Waals surface area (Å²) in [5.41, 5.74) is 0.484. The van der Waals surface area contributed by atoms with Crippen LogP contribution in [0.4, 0.5) is 10.1 Å². The third kappa shape index (κ3) is 4.20. The van der Waals surface area contributed by atoms with Crippen molar-refractivity contribution in [3.63, 3.8) is 0 Å². The summed E-state index contributed by atoms with van der Waals surface area (Å²) in [6.45, 7) is 2.25. The van der Waals surface area contributed by atoms with E-state index in [1.165, 1.54) is 6.07 Å². The summed E-state index contributed by atoms with van der Waals surface area (Å²) in [7, 11) is -4.00. The van der Waals surface area contributed by atoms with E-state index in [1.807, 2.05) is 6.92 Å². The van der Waals surface area contributed by atoms with Crippen molar-refractivity contribution in [2.45, 2.75) is 30.7 Å². The summed E-state index contributed by atoms with van der Waals surface area (Å²) < 4.78 is 46.4. The zero-order valence-corrected chi connectivity index (χ0v) is 15.0. The van der Waals surface area contributed by atoms with E-state index in [0.29, 0.717) is 18.0 Å². The summed E-state index contributed by atoms with van der Waals surface area (Å²) in [6.07, 6.45) is 1.46. The Hall–Kier alpha value is -2.45. The van der Waals surface area contributed by atoms with Crippen LogP contribution in [0.25, 0.3) is 0 Å². The van der Waals surface area contributed by atoms with Gasteiger partial charge in [-0.25, -0.2) is 17.5 Å². The van der Waals surface area contributed by atoms with Crippen molar-refractivity contribution < 1.29 is 22.3 Å². The number of carbonyl (C=O) groups excluding carboxylic acids is 1. The van der Waals surface area contributed by atoms with Crippen molar-refractivity contribution in [3.8, 4) is 5.75 Å². The quantitative estimate of drug-likeness (QED) is 0.776. The summed E-state index contributed by atoms with van der Waals surface area (Å²) in [4.78, 5) is 12.0. The molecular weight excluding hydrogens is 359 g/mol. The fraction of sp³-hybridized carbons (Fsp3) is 0.278. The van der Waals surface area contributed by atoms with E-state index < -0.39 is 26.6 Å². The fourth-order valence-corrected chi connectivity index (χ4v) is 3.79. The number of carbonyl (C=O) groups is 1. The van der Waals surface area contributed by atoms with E-state index in [2.05, 4.69) is 10.0 Å². The van der Waals surface area contributed by atoms with Gasteiger partial charge in [-0.3, -0.25) is 4.79 Å². The van der Waals surface area contributed by atoms with Crippen LogP contribution in [0.5, 0.6) is 5.75 Å². The summed E-state index contributed by atoms with van der Waals surface area (Å²) in [5.74, 6) is -0.960. The van der Waals surface area contributed by atoms with Crippen molar-refractivity contribution in [2.75, 3.05) is 11.9 Å². The zero-order chi connectivity index (χ0) is 18.7. The van der Waals surface area contributed by atoms with Crippen molar-refractivity contribution in [1.29, 1.82) is 0 Å². The molecule has 6 nitrogen and oxygen atoms in total. The number of halogens is 1. The van der Waals surface area contributed by atoms with Gasteiger partial charge < -0.3 is 10.1 Å². The van der Waals surface area contributed by atoms with E-state index >= 15 is 0 Å². The molecule has 1 aliphatic rings. The highest BCUT2D eigenvalue weighted by Gasteiger charge is 2.30. The lowest BCUT2D eigenvalue weighted by molar-refractivity contribution is 0.102. The summed E-state index contributed by atoms with van der Waals surface area (Å²) in [6, 6.07) is 9.98. The average Bonchev–Trinajstić information content (AvgIpc) is 3.40. The number of anilines is 1. The molecule has 0 spiro atoms. The van der Waals surface area contributed by atoms with Crippen LogP contribution in [0.2, 0.25) is 0 Å². The van der Waals surface area contributed by atoms with Crippen molar-refractivity contribution in [1.82, 2.24) is 4.72 Å². The monoisotopic (exact) mass is 378 g/mol. The van der Waals surface area contributed by atoms with Crippen molar-refractivity contribution in [3.05, 3.63) is 53.8 Å². The zero-order valence-electron chi connectivity index (χ0n) is 14.2. The van der Waals surface area contributed by atoms with Crippen LogP contribution >= 0.6 is 0 Å². The first-order chi connectivity index (χ1) is 12.4. The lowest BCUT2D eigenvalue weighted by atomic mass is 10.2. The number of ether oxygens (including phenoxy) is 1. The number of rotatable bonds is 7. The Morgan fingerprint density at radius 2 is 1.96 bits per heavy atom. The molecule has 2 N–H and O–H groups in total. The molecule has 0 bridgehead atoms. The van der Waals surface area contributed by atoms with Gasteiger partial charge in [-0.2, -0.15) is 0 Å². The Morgan fingerprint density at radius 1 is 1.23 bits per heavy atom. The van der Waals surface area contributed by atoms with Crippen LogP contribution in [0.15, 0.2) is 47.4 Å². The van der Waals surface area contributed by atoms with Gasteiger partial charge in [0.05, 0.1) is 12.3 Å². The highest BCUT2D eigenvalue weighted by molar-refractivity contribution is 7.89. The molecule has 1 amide bonds. The number of nitrogens with one attached hydrogen (secondary N) is 2. The molecule has 1 aliphatic carbocycles. The standard InChI is InChI=1S/C18H19FN2O4S/c1-2-25-16-6-4-3-5-15(16)20-18(22)12-7-10-14(19)17(11-12)26(23,24)21-13-8-9-13/h3-7,10-11,13,21H,2,8-9H2,1H3,(H,20,22). The topological polar surface area (TPSA) is 84.5 Å². The van der Waals surface area contributed by atoms with E-state index in [-0.39, 0.29) is 11.6 Å². The van der Waals surface area contributed by atoms with Crippen molar-refractivity contribution >= 4 is 21.6 Å². The lowest BCUT2D eigenvalue weighted by Gasteiger charge is -2.12. The predicted octanol–water partition coefficient (Wildman–Crippen LogP) is 2.92. The Bertz CT molecular complexity index is 927. The van der Waals surface area contributed by atoms with Crippen LogP contribution in [0, 0.1) is 5.82 Å². The first-order valence-corrected chi connectivity index (χ1v) is 9.74. The lowest BCUT2D eigenvalue weighted by Crippen LogP contribution is -2.27. The molecule has 0 heterocycles. The number of sulfonamides is 1. The number of hydrogen-bond acceptors (Lipinski definition) is 4. The largest absolute Gasteiger partial charge is 0.492 e. The SMILES string of the molecule is CCOc1ccccc1NC(=O)c1ccc(F)c(S(=O)(=O)NC2CC2)c1. The first kappa shape index (κ1) is 18.3. The molecule has 26 heavy (non-hydrogen) atoms. The molecular formula is C18H19FN2O4S. The Labute approximate surface area is 151 Å². The highest BCUT2D eigenvalue weighted by atomic mass is 32.2. The molecule has 0 aromatic heterocycles. The number of para-hydroxylation sites is 2. The molecule has 0 radical (unpaired) electrons. The van der Waals surface area contributed by atoms with Gasteiger partial charge in [-0.1, -0.05) is 12.1 Å². The Morgan fingerprint density at radius 3 is 2.65 bits per heavy atom. The fourth-order valence-electron chi connectivity index (χ4n) is 2.38. The third-order valence-electron chi connectivity index (χ3n) is 3.82. The van der Waals surface area contributed by atoms with E-state index in [1.54, 1.807) is 24.3 Å². The van der Waals surface area contributed by atoms with Crippen LogP contribution in [-0.2, 0) is 10.0 Å². The van der Waals surface area contributed by atoms with Crippen LogP contribution in [-0.4, -0.2) is 27.0 Å². The molecule has 1 fully saturated rings. The van der Waals surface area contributed by atoms with E-state index in [4.69, 9.17) is 4.74 Å². The second-order valence-electron chi connectivity index (χ2n) is 5.92. The summed E-state index contributed by atoms with van der Waals surface area (Å²) >= 11 is 0. The Balaban J connectivity index is 1.85. The minimum atomic E-state index is -4.00. The van der Waals surface area contributed by atoms with E-state index in [0.717, 1.165) is 25.0 Å². The molecule has 0 aliphatic heterocycles. The molecule has 1 saturated carbocycles. The molecule has 3 rings (SSSR count). The predicted molar refractivity (Wildman–Crippen MR) is 95.3 cm³/mol. The second-order valence-corrected chi connectivity index (χ2v) is 7.61. The Kier molecular flexibility index (Phi) is 5.24. The highest BCUT2D eigenvalue weighted by Crippen LogP contribution is 2.26. The smallest absolute Gasteiger partial charge is 0.255 e. The van der Waals surface area contributed by atoms with Gasteiger partial charge in [0.1, 0.15) is 16.5 Å². The van der Waals surface area contributed by atoms with Gasteiger partial charge in [0.2, 0.25) is 10.0 Å². The normalized spacial score (nSPS) is 14.1. The number of hydrogen-bond donors (Lipinski definition) is 2. The summed E-state index contributed by atoms with van der Waals surface area (Å²) in [5, 5.41) is 2.66. The van der Waals surface area contributed by atoms with E-state index in [9.17, 15) is 17.6 Å². The molecule has 8 heteroatoms. The molecule has 2 aromatic carbocycles. The minimum absolute atomic E-state index is 0.0360. The minimum Gasteiger partial charge on any atom is -0.492 e. The molecule has 0 atom stereocenters.